The topological polar surface area (TPSA) is 104 Å². The summed E-state index contributed by atoms with van der Waals surface area (Å²) in [5, 5.41) is 28.4. The van der Waals surface area contributed by atoms with Gasteiger partial charge in [0.1, 0.15) is 6.10 Å². The van der Waals surface area contributed by atoms with Crippen molar-refractivity contribution in [3.05, 3.63) is 34.9 Å². The smallest absolute Gasteiger partial charge is 0.220 e. The SMILES string of the molecule is Cc1cc(CO)ccc1C(O)C(O)CC(N)=O. The first-order chi connectivity index (χ1) is 7.95. The van der Waals surface area contributed by atoms with Crippen molar-refractivity contribution in [2.24, 2.45) is 5.73 Å². The number of nitrogens with two attached hydrogens (primary N) is 1. The van der Waals surface area contributed by atoms with Gasteiger partial charge in [0.15, 0.2) is 0 Å². The van der Waals surface area contributed by atoms with Crippen LogP contribution in [0.3, 0.4) is 0 Å². The average molecular weight is 239 g/mol. The first kappa shape index (κ1) is 13.6. The summed E-state index contributed by atoms with van der Waals surface area (Å²) in [7, 11) is 0. The van der Waals surface area contributed by atoms with Gasteiger partial charge in [-0.2, -0.15) is 0 Å². The summed E-state index contributed by atoms with van der Waals surface area (Å²) in [5.41, 5.74) is 6.94. The Bertz CT molecular complexity index is 405. The molecule has 2 atom stereocenters. The molecule has 1 aromatic rings. The number of rotatable bonds is 5. The molecule has 5 nitrogen and oxygen atoms in total. The van der Waals surface area contributed by atoms with Crippen molar-refractivity contribution in [1.82, 2.24) is 0 Å². The summed E-state index contributed by atoms with van der Waals surface area (Å²) in [6.07, 6.45) is -2.66. The number of aliphatic hydroxyl groups excluding tert-OH is 3. The number of carbonyl (C=O) groups is 1. The second-order valence-corrected chi connectivity index (χ2v) is 4.03. The van der Waals surface area contributed by atoms with Crippen LogP contribution in [0, 0.1) is 6.92 Å². The molecule has 0 radical (unpaired) electrons. The first-order valence-corrected chi connectivity index (χ1v) is 5.30. The minimum atomic E-state index is -1.22. The molecule has 1 aromatic carbocycles. The van der Waals surface area contributed by atoms with Gasteiger partial charge in [0, 0.05) is 0 Å². The molecule has 0 aliphatic carbocycles. The van der Waals surface area contributed by atoms with E-state index in [0.717, 1.165) is 11.1 Å². The van der Waals surface area contributed by atoms with Crippen LogP contribution in [0.15, 0.2) is 18.2 Å². The largest absolute Gasteiger partial charge is 0.392 e. The zero-order valence-corrected chi connectivity index (χ0v) is 9.63. The summed E-state index contributed by atoms with van der Waals surface area (Å²) in [6.45, 7) is 1.68. The number of benzene rings is 1. The Morgan fingerprint density at radius 1 is 1.41 bits per heavy atom. The van der Waals surface area contributed by atoms with E-state index in [1.807, 2.05) is 0 Å². The molecule has 5 N–H and O–H groups in total. The van der Waals surface area contributed by atoms with Gasteiger partial charge in [-0.15, -0.1) is 0 Å². The third-order valence-electron chi connectivity index (χ3n) is 2.61. The Kier molecular flexibility index (Phi) is 4.62. The molecule has 2 unspecified atom stereocenters. The number of carbonyl (C=O) groups excluding carboxylic acids is 1. The maximum absolute atomic E-state index is 10.6. The molecule has 0 saturated heterocycles. The van der Waals surface area contributed by atoms with Crippen LogP contribution in [0.2, 0.25) is 0 Å². The molecule has 0 aliphatic heterocycles. The Morgan fingerprint density at radius 3 is 2.53 bits per heavy atom. The number of aryl methyl sites for hydroxylation is 1. The lowest BCUT2D eigenvalue weighted by Gasteiger charge is -2.19. The molecule has 17 heavy (non-hydrogen) atoms. The minimum absolute atomic E-state index is 0.0823. The van der Waals surface area contributed by atoms with Gasteiger partial charge in [-0.05, 0) is 23.6 Å². The first-order valence-electron chi connectivity index (χ1n) is 5.30. The molecular formula is C12H17NO4. The summed E-state index contributed by atoms with van der Waals surface area (Å²) >= 11 is 0. The number of hydrogen-bond acceptors (Lipinski definition) is 4. The molecule has 1 amide bonds. The molecule has 0 spiro atoms. The van der Waals surface area contributed by atoms with Crippen molar-refractivity contribution in [1.29, 1.82) is 0 Å². The van der Waals surface area contributed by atoms with E-state index < -0.39 is 18.1 Å². The van der Waals surface area contributed by atoms with Crippen molar-refractivity contribution in [3.8, 4) is 0 Å². The lowest BCUT2D eigenvalue weighted by Crippen LogP contribution is -2.26. The van der Waals surface area contributed by atoms with Crippen LogP contribution < -0.4 is 5.73 Å². The maximum Gasteiger partial charge on any atom is 0.220 e. The van der Waals surface area contributed by atoms with E-state index in [1.54, 1.807) is 25.1 Å². The van der Waals surface area contributed by atoms with E-state index in [9.17, 15) is 15.0 Å². The van der Waals surface area contributed by atoms with Crippen molar-refractivity contribution in [3.63, 3.8) is 0 Å². The predicted octanol–water partition coefficient (Wildman–Crippen LogP) is -0.243. The molecular weight excluding hydrogens is 222 g/mol. The molecule has 94 valence electrons. The molecule has 0 saturated carbocycles. The van der Waals surface area contributed by atoms with Crippen molar-refractivity contribution < 1.29 is 20.1 Å². The molecule has 1 rings (SSSR count). The number of primary amides is 1. The van der Waals surface area contributed by atoms with E-state index in [4.69, 9.17) is 10.8 Å². The average Bonchev–Trinajstić information content (AvgIpc) is 2.27. The summed E-state index contributed by atoms with van der Waals surface area (Å²) in [4.78, 5) is 10.6. The molecule has 0 fully saturated rings. The van der Waals surface area contributed by atoms with Crippen LogP contribution in [-0.4, -0.2) is 27.3 Å². The Balaban J connectivity index is 2.88. The Labute approximate surface area is 99.5 Å². The number of amides is 1. The maximum atomic E-state index is 10.6. The standard InChI is InChI=1S/C12H17NO4/c1-7-4-8(6-14)2-3-9(7)12(17)10(15)5-11(13)16/h2-4,10,12,14-15,17H,5-6H2,1H3,(H2,13,16). The monoisotopic (exact) mass is 239 g/mol. The molecule has 0 heterocycles. The van der Waals surface area contributed by atoms with Gasteiger partial charge < -0.3 is 21.1 Å². The summed E-state index contributed by atoms with van der Waals surface area (Å²) in [6, 6.07) is 4.99. The zero-order chi connectivity index (χ0) is 13.0. The van der Waals surface area contributed by atoms with E-state index in [2.05, 4.69) is 0 Å². The highest BCUT2D eigenvalue weighted by Gasteiger charge is 2.21. The van der Waals surface area contributed by atoms with Crippen LogP contribution in [0.5, 0.6) is 0 Å². The lowest BCUT2D eigenvalue weighted by atomic mass is 9.96. The summed E-state index contributed by atoms with van der Waals surface area (Å²) in [5.74, 6) is -0.666. The van der Waals surface area contributed by atoms with Gasteiger partial charge in [-0.25, -0.2) is 0 Å². The lowest BCUT2D eigenvalue weighted by molar-refractivity contribution is -0.121. The quantitative estimate of drug-likeness (QED) is 0.569. The number of aliphatic hydroxyl groups is 3. The number of hydrogen-bond donors (Lipinski definition) is 4. The van der Waals surface area contributed by atoms with E-state index in [-0.39, 0.29) is 13.0 Å². The van der Waals surface area contributed by atoms with Crippen molar-refractivity contribution >= 4 is 5.91 Å². The van der Waals surface area contributed by atoms with Crippen LogP contribution >= 0.6 is 0 Å². The van der Waals surface area contributed by atoms with Crippen LogP contribution in [-0.2, 0) is 11.4 Å². The normalized spacial score (nSPS) is 14.4. The van der Waals surface area contributed by atoms with Crippen LogP contribution in [0.1, 0.15) is 29.2 Å². The van der Waals surface area contributed by atoms with Crippen molar-refractivity contribution in [2.45, 2.75) is 32.2 Å². The summed E-state index contributed by atoms with van der Waals surface area (Å²) < 4.78 is 0. The molecule has 5 heteroatoms. The van der Waals surface area contributed by atoms with Gasteiger partial charge in [-0.3, -0.25) is 4.79 Å². The fraction of sp³-hybridized carbons (Fsp3) is 0.417. The van der Waals surface area contributed by atoms with E-state index in [0.29, 0.717) is 5.56 Å². The van der Waals surface area contributed by atoms with Crippen LogP contribution in [0.4, 0.5) is 0 Å². The third kappa shape index (κ3) is 3.52. The fourth-order valence-electron chi connectivity index (χ4n) is 1.69. The van der Waals surface area contributed by atoms with Gasteiger partial charge >= 0.3 is 0 Å². The fourth-order valence-corrected chi connectivity index (χ4v) is 1.69. The van der Waals surface area contributed by atoms with E-state index >= 15 is 0 Å². The van der Waals surface area contributed by atoms with E-state index in [1.165, 1.54) is 0 Å². The second kappa shape index (κ2) is 5.77. The van der Waals surface area contributed by atoms with Gasteiger partial charge in [-0.1, -0.05) is 18.2 Å². The van der Waals surface area contributed by atoms with Gasteiger partial charge in [0.2, 0.25) is 5.91 Å². The third-order valence-corrected chi connectivity index (χ3v) is 2.61. The van der Waals surface area contributed by atoms with Crippen molar-refractivity contribution in [2.75, 3.05) is 0 Å². The van der Waals surface area contributed by atoms with Gasteiger partial charge in [0.05, 0.1) is 19.1 Å². The molecule has 0 aromatic heterocycles. The molecule has 0 aliphatic rings. The van der Waals surface area contributed by atoms with Gasteiger partial charge in [0.25, 0.3) is 0 Å². The minimum Gasteiger partial charge on any atom is -0.392 e. The highest BCUT2D eigenvalue weighted by atomic mass is 16.3. The predicted molar refractivity (Wildman–Crippen MR) is 61.9 cm³/mol. The Morgan fingerprint density at radius 2 is 2.06 bits per heavy atom. The molecule has 0 bridgehead atoms. The zero-order valence-electron chi connectivity index (χ0n) is 9.63. The second-order valence-electron chi connectivity index (χ2n) is 4.03. The Hall–Kier alpha value is -1.43. The van der Waals surface area contributed by atoms with Crippen LogP contribution in [0.25, 0.3) is 0 Å². The highest BCUT2D eigenvalue weighted by molar-refractivity contribution is 5.74. The highest BCUT2D eigenvalue weighted by Crippen LogP contribution is 2.23.